The Kier molecular flexibility index (Phi) is 4.73. The minimum atomic E-state index is -1.03. The normalized spacial score (nSPS) is 13.1. The lowest BCUT2D eigenvalue weighted by molar-refractivity contribution is -0.139. The van der Waals surface area contributed by atoms with Crippen LogP contribution in [0.5, 0.6) is 5.75 Å². The van der Waals surface area contributed by atoms with E-state index < -0.39 is 12.1 Å². The molecule has 1 atom stereocenters. The van der Waals surface area contributed by atoms with Gasteiger partial charge >= 0.3 is 5.97 Å². The first kappa shape index (κ1) is 14.5. The number of benzene rings is 1. The van der Waals surface area contributed by atoms with Crippen LogP contribution in [0.25, 0.3) is 0 Å². The van der Waals surface area contributed by atoms with Crippen molar-refractivity contribution in [3.63, 3.8) is 0 Å². The fourth-order valence-electron chi connectivity index (χ4n) is 1.66. The SMILES string of the molecule is CC(C)(C)c1ccccc1OCC(O)CC(=O)O. The lowest BCUT2D eigenvalue weighted by atomic mass is 9.86. The van der Waals surface area contributed by atoms with E-state index in [1.54, 1.807) is 0 Å². The van der Waals surface area contributed by atoms with Gasteiger partial charge in [-0.2, -0.15) is 0 Å². The summed E-state index contributed by atoms with van der Waals surface area (Å²) in [5.74, 6) is -0.343. The molecular weight excluding hydrogens is 232 g/mol. The zero-order valence-electron chi connectivity index (χ0n) is 11.0. The third-order valence-corrected chi connectivity index (χ3v) is 2.54. The van der Waals surface area contributed by atoms with E-state index in [0.717, 1.165) is 5.56 Å². The first-order valence-corrected chi connectivity index (χ1v) is 5.93. The van der Waals surface area contributed by atoms with E-state index in [9.17, 15) is 9.90 Å². The van der Waals surface area contributed by atoms with Crippen molar-refractivity contribution in [2.45, 2.75) is 38.7 Å². The number of ether oxygens (including phenoxy) is 1. The van der Waals surface area contributed by atoms with Gasteiger partial charge in [0.05, 0.1) is 12.5 Å². The molecule has 1 rings (SSSR count). The molecule has 18 heavy (non-hydrogen) atoms. The molecule has 0 aliphatic rings. The molecule has 0 saturated heterocycles. The van der Waals surface area contributed by atoms with Gasteiger partial charge in [-0.15, -0.1) is 0 Å². The van der Waals surface area contributed by atoms with E-state index in [0.29, 0.717) is 5.75 Å². The van der Waals surface area contributed by atoms with Gasteiger partial charge in [-0.1, -0.05) is 39.0 Å². The predicted octanol–water partition coefficient (Wildman–Crippen LogP) is 2.20. The molecule has 0 spiro atoms. The van der Waals surface area contributed by atoms with Crippen molar-refractivity contribution < 1.29 is 19.7 Å². The second-order valence-corrected chi connectivity index (χ2v) is 5.31. The van der Waals surface area contributed by atoms with Crippen LogP contribution in [0.3, 0.4) is 0 Å². The van der Waals surface area contributed by atoms with Gasteiger partial charge in [-0.3, -0.25) is 4.79 Å². The maximum Gasteiger partial charge on any atom is 0.306 e. The Morgan fingerprint density at radius 2 is 1.94 bits per heavy atom. The Morgan fingerprint density at radius 3 is 2.50 bits per heavy atom. The lowest BCUT2D eigenvalue weighted by Crippen LogP contribution is -2.22. The van der Waals surface area contributed by atoms with Crippen LogP contribution in [0, 0.1) is 0 Å². The molecule has 0 bridgehead atoms. The Hall–Kier alpha value is -1.55. The summed E-state index contributed by atoms with van der Waals surface area (Å²) < 4.78 is 5.51. The molecule has 4 heteroatoms. The van der Waals surface area contributed by atoms with Gasteiger partial charge < -0.3 is 14.9 Å². The molecule has 0 aromatic heterocycles. The third-order valence-electron chi connectivity index (χ3n) is 2.54. The highest BCUT2D eigenvalue weighted by atomic mass is 16.5. The van der Waals surface area contributed by atoms with E-state index in [-0.39, 0.29) is 18.4 Å². The van der Waals surface area contributed by atoms with Crippen LogP contribution >= 0.6 is 0 Å². The molecule has 0 aliphatic carbocycles. The smallest absolute Gasteiger partial charge is 0.306 e. The Bertz CT molecular complexity index is 407. The predicted molar refractivity (Wildman–Crippen MR) is 68.9 cm³/mol. The Labute approximate surface area is 107 Å². The quantitative estimate of drug-likeness (QED) is 0.843. The number of hydrogen-bond donors (Lipinski definition) is 2. The van der Waals surface area contributed by atoms with Crippen molar-refractivity contribution in [2.75, 3.05) is 6.61 Å². The number of hydrogen-bond acceptors (Lipinski definition) is 3. The molecule has 0 saturated carbocycles. The van der Waals surface area contributed by atoms with Gasteiger partial charge in [-0.05, 0) is 17.0 Å². The van der Waals surface area contributed by atoms with E-state index in [4.69, 9.17) is 9.84 Å². The Balaban J connectivity index is 2.71. The number of aliphatic hydroxyl groups excluding tert-OH is 1. The zero-order valence-corrected chi connectivity index (χ0v) is 11.0. The summed E-state index contributed by atoms with van der Waals surface area (Å²) in [5, 5.41) is 18.0. The van der Waals surface area contributed by atoms with Crippen molar-refractivity contribution in [3.05, 3.63) is 29.8 Å². The second kappa shape index (κ2) is 5.87. The second-order valence-electron chi connectivity index (χ2n) is 5.31. The minimum absolute atomic E-state index is 0.0145. The van der Waals surface area contributed by atoms with Crippen molar-refractivity contribution in [3.8, 4) is 5.75 Å². The topological polar surface area (TPSA) is 66.8 Å². The lowest BCUT2D eigenvalue weighted by Gasteiger charge is -2.23. The van der Waals surface area contributed by atoms with Crippen molar-refractivity contribution in [2.24, 2.45) is 0 Å². The summed E-state index contributed by atoms with van der Waals surface area (Å²) >= 11 is 0. The molecule has 100 valence electrons. The fourth-order valence-corrected chi connectivity index (χ4v) is 1.66. The summed E-state index contributed by atoms with van der Waals surface area (Å²) in [6, 6.07) is 7.59. The van der Waals surface area contributed by atoms with Crippen LogP contribution in [0.15, 0.2) is 24.3 Å². The minimum Gasteiger partial charge on any atom is -0.491 e. The number of aliphatic hydroxyl groups is 1. The molecular formula is C14H20O4. The maximum atomic E-state index is 10.4. The van der Waals surface area contributed by atoms with Crippen LogP contribution in [-0.4, -0.2) is 28.9 Å². The summed E-state index contributed by atoms with van der Waals surface area (Å²) in [6.45, 7) is 6.20. The summed E-state index contributed by atoms with van der Waals surface area (Å²) in [7, 11) is 0. The van der Waals surface area contributed by atoms with Crippen LogP contribution in [0.1, 0.15) is 32.8 Å². The van der Waals surface area contributed by atoms with Crippen LogP contribution < -0.4 is 4.74 Å². The van der Waals surface area contributed by atoms with E-state index in [2.05, 4.69) is 20.8 Å². The summed E-state index contributed by atoms with van der Waals surface area (Å²) in [5.41, 5.74) is 0.974. The highest BCUT2D eigenvalue weighted by Gasteiger charge is 2.19. The first-order valence-electron chi connectivity index (χ1n) is 5.93. The van der Waals surface area contributed by atoms with Crippen molar-refractivity contribution in [1.82, 2.24) is 0 Å². The van der Waals surface area contributed by atoms with Gasteiger partial charge in [0, 0.05) is 0 Å². The van der Waals surface area contributed by atoms with E-state index in [1.807, 2.05) is 24.3 Å². The maximum absolute atomic E-state index is 10.4. The van der Waals surface area contributed by atoms with Crippen molar-refractivity contribution in [1.29, 1.82) is 0 Å². The van der Waals surface area contributed by atoms with E-state index >= 15 is 0 Å². The molecule has 0 radical (unpaired) electrons. The molecule has 2 N–H and O–H groups in total. The molecule has 1 aromatic rings. The summed E-state index contributed by atoms with van der Waals surface area (Å²) in [6.07, 6.45) is -1.30. The number of aliphatic carboxylic acids is 1. The Morgan fingerprint density at radius 1 is 1.33 bits per heavy atom. The average molecular weight is 252 g/mol. The largest absolute Gasteiger partial charge is 0.491 e. The molecule has 1 aromatic carbocycles. The van der Waals surface area contributed by atoms with Crippen LogP contribution in [0.2, 0.25) is 0 Å². The number of carbonyl (C=O) groups is 1. The summed E-state index contributed by atoms with van der Waals surface area (Å²) in [4.78, 5) is 10.4. The molecule has 1 unspecified atom stereocenters. The van der Waals surface area contributed by atoms with Gasteiger partial charge in [0.15, 0.2) is 0 Å². The van der Waals surface area contributed by atoms with Gasteiger partial charge in [-0.25, -0.2) is 0 Å². The molecule has 0 amide bonds. The number of rotatable bonds is 5. The standard InChI is InChI=1S/C14H20O4/c1-14(2,3)11-6-4-5-7-12(11)18-9-10(15)8-13(16)17/h4-7,10,15H,8-9H2,1-3H3,(H,16,17). The first-order chi connectivity index (χ1) is 8.30. The van der Waals surface area contributed by atoms with Crippen molar-refractivity contribution >= 4 is 5.97 Å². The number of carboxylic acid groups (broad SMARTS) is 1. The van der Waals surface area contributed by atoms with Gasteiger partial charge in [0.2, 0.25) is 0 Å². The van der Waals surface area contributed by atoms with Gasteiger partial charge in [0.1, 0.15) is 12.4 Å². The monoisotopic (exact) mass is 252 g/mol. The highest BCUT2D eigenvalue weighted by Crippen LogP contribution is 2.30. The number of para-hydroxylation sites is 1. The fraction of sp³-hybridized carbons (Fsp3) is 0.500. The van der Waals surface area contributed by atoms with Gasteiger partial charge in [0.25, 0.3) is 0 Å². The van der Waals surface area contributed by atoms with Crippen LogP contribution in [-0.2, 0) is 10.2 Å². The molecule has 0 aliphatic heterocycles. The molecule has 4 nitrogen and oxygen atoms in total. The molecule has 0 fully saturated rings. The van der Waals surface area contributed by atoms with Crippen LogP contribution in [0.4, 0.5) is 0 Å². The highest BCUT2D eigenvalue weighted by molar-refractivity contribution is 5.67. The average Bonchev–Trinajstić information content (AvgIpc) is 2.24. The third kappa shape index (κ3) is 4.37. The number of carboxylic acids is 1. The van der Waals surface area contributed by atoms with E-state index in [1.165, 1.54) is 0 Å². The zero-order chi connectivity index (χ0) is 13.8. The molecule has 0 heterocycles.